The van der Waals surface area contributed by atoms with Crippen molar-refractivity contribution in [2.45, 2.75) is 15.6 Å². The Morgan fingerprint density at radius 3 is 2.35 bits per heavy atom. The number of urea groups is 1. The number of nitrogens with one attached hydrogen (secondary N) is 3. The number of carbonyl (C=O) groups excluding carboxylic acids is 3. The van der Waals surface area contributed by atoms with Gasteiger partial charge in [-0.15, -0.1) is 0 Å². The van der Waals surface area contributed by atoms with Crippen molar-refractivity contribution in [2.24, 2.45) is 0 Å². The van der Waals surface area contributed by atoms with Gasteiger partial charge in [-0.2, -0.15) is 0 Å². The minimum Gasteiger partial charge on any atom is -0.465 e. The molecule has 1 heterocycles. The van der Waals surface area contributed by atoms with Crippen LogP contribution in [0.5, 0.6) is 0 Å². The average molecular weight is 511 g/mol. The van der Waals surface area contributed by atoms with Crippen molar-refractivity contribution in [1.29, 1.82) is 0 Å². The molecule has 0 aliphatic rings. The molecule has 0 unspecified atom stereocenters. The summed E-state index contributed by atoms with van der Waals surface area (Å²) in [5, 5.41) is 4.33. The quantitative estimate of drug-likeness (QED) is 0.409. The molecule has 3 amide bonds. The zero-order valence-corrected chi connectivity index (χ0v) is 18.9. The highest BCUT2D eigenvalue weighted by Gasteiger charge is 2.32. The fourth-order valence-corrected chi connectivity index (χ4v) is 3.39. The maximum Gasteiger partial charge on any atom is 0.339 e. The van der Waals surface area contributed by atoms with E-state index in [9.17, 15) is 22.8 Å². The second-order valence-corrected chi connectivity index (χ2v) is 9.67. The SMILES string of the molecule is COC(=O)c1ccc(NC(=O)C(Cl)(Cl)Cl)cc1S(=O)(=O)NC(=O)Nc1nccc(C)n1. The predicted molar refractivity (Wildman–Crippen MR) is 113 cm³/mol. The van der Waals surface area contributed by atoms with Crippen LogP contribution < -0.4 is 15.4 Å². The molecule has 166 valence electrons. The molecule has 3 N–H and O–H groups in total. The molecule has 0 fully saturated rings. The summed E-state index contributed by atoms with van der Waals surface area (Å²) in [6.07, 6.45) is 1.36. The number of esters is 1. The summed E-state index contributed by atoms with van der Waals surface area (Å²) in [5.74, 6) is -2.24. The number of anilines is 2. The van der Waals surface area contributed by atoms with Crippen molar-refractivity contribution in [2.75, 3.05) is 17.7 Å². The van der Waals surface area contributed by atoms with Crippen molar-refractivity contribution in [1.82, 2.24) is 14.7 Å². The zero-order chi connectivity index (χ0) is 23.4. The molecule has 1 aromatic heterocycles. The Kier molecular flexibility index (Phi) is 7.65. The van der Waals surface area contributed by atoms with Gasteiger partial charge in [0, 0.05) is 17.6 Å². The Balaban J connectivity index is 2.37. The number of alkyl halides is 3. The number of amides is 3. The van der Waals surface area contributed by atoms with Crippen LogP contribution in [0.15, 0.2) is 35.4 Å². The standard InChI is InChI=1S/C16H14Cl3N5O6S/c1-8-5-6-20-14(21-8)23-15(27)24-31(28,29)11-7-9(22-13(26)16(17,18)19)3-4-10(11)12(25)30-2/h3-7H,1-2H3,(H,22,26)(H2,20,21,23,24,27). The lowest BCUT2D eigenvalue weighted by atomic mass is 10.2. The number of methoxy groups -OCH3 is 1. The van der Waals surface area contributed by atoms with Crippen LogP contribution in [0.3, 0.4) is 0 Å². The fourth-order valence-electron chi connectivity index (χ4n) is 2.12. The summed E-state index contributed by atoms with van der Waals surface area (Å²) in [7, 11) is -3.60. The molecule has 1 aromatic carbocycles. The van der Waals surface area contributed by atoms with E-state index in [1.165, 1.54) is 12.3 Å². The van der Waals surface area contributed by atoms with Gasteiger partial charge in [0.2, 0.25) is 5.95 Å². The Labute approximate surface area is 191 Å². The van der Waals surface area contributed by atoms with Gasteiger partial charge in [-0.3, -0.25) is 10.1 Å². The Morgan fingerprint density at radius 1 is 1.10 bits per heavy atom. The number of halogens is 3. The highest BCUT2D eigenvalue weighted by atomic mass is 35.6. The summed E-state index contributed by atoms with van der Waals surface area (Å²) >= 11 is 16.4. The van der Waals surface area contributed by atoms with Gasteiger partial charge in [0.05, 0.1) is 12.7 Å². The third-order valence-electron chi connectivity index (χ3n) is 3.44. The third-order valence-corrected chi connectivity index (χ3v) is 5.32. The second-order valence-electron chi connectivity index (χ2n) is 5.74. The molecule has 2 rings (SSSR count). The smallest absolute Gasteiger partial charge is 0.339 e. The van der Waals surface area contributed by atoms with Crippen LogP contribution in [0.2, 0.25) is 0 Å². The lowest BCUT2D eigenvalue weighted by Crippen LogP contribution is -2.36. The first-order valence-electron chi connectivity index (χ1n) is 8.07. The number of hydrogen-bond acceptors (Lipinski definition) is 8. The van der Waals surface area contributed by atoms with Crippen LogP contribution in [0, 0.1) is 6.92 Å². The van der Waals surface area contributed by atoms with Crippen LogP contribution in [0.4, 0.5) is 16.4 Å². The van der Waals surface area contributed by atoms with E-state index in [1.807, 2.05) is 0 Å². The average Bonchev–Trinajstić information content (AvgIpc) is 2.66. The van der Waals surface area contributed by atoms with Crippen molar-refractivity contribution >= 4 is 74.4 Å². The van der Waals surface area contributed by atoms with Crippen LogP contribution in [0.1, 0.15) is 16.1 Å². The Bertz CT molecular complexity index is 1140. The van der Waals surface area contributed by atoms with Gasteiger partial charge in [-0.25, -0.2) is 32.7 Å². The monoisotopic (exact) mass is 509 g/mol. The fraction of sp³-hybridized carbons (Fsp3) is 0.188. The molecular formula is C16H14Cl3N5O6S. The van der Waals surface area contributed by atoms with E-state index in [4.69, 9.17) is 34.8 Å². The molecule has 0 saturated heterocycles. The zero-order valence-electron chi connectivity index (χ0n) is 15.8. The van der Waals surface area contributed by atoms with Crippen LogP contribution in [-0.2, 0) is 19.6 Å². The number of aryl methyl sites for hydroxylation is 1. The van der Waals surface area contributed by atoms with E-state index in [0.717, 1.165) is 19.2 Å². The minimum absolute atomic E-state index is 0.133. The number of rotatable bonds is 5. The van der Waals surface area contributed by atoms with Gasteiger partial charge in [-0.05, 0) is 31.2 Å². The van der Waals surface area contributed by atoms with Gasteiger partial charge in [0.1, 0.15) is 4.90 Å². The van der Waals surface area contributed by atoms with Crippen LogP contribution in [0.25, 0.3) is 0 Å². The highest BCUT2D eigenvalue weighted by Crippen LogP contribution is 2.29. The number of carbonyl (C=O) groups is 3. The van der Waals surface area contributed by atoms with E-state index >= 15 is 0 Å². The first-order chi connectivity index (χ1) is 14.3. The van der Waals surface area contributed by atoms with Gasteiger partial charge >= 0.3 is 12.0 Å². The summed E-state index contributed by atoms with van der Waals surface area (Å²) in [6, 6.07) is 3.49. The largest absolute Gasteiger partial charge is 0.465 e. The highest BCUT2D eigenvalue weighted by molar-refractivity contribution is 7.90. The van der Waals surface area contributed by atoms with Crippen LogP contribution in [-0.4, -0.2) is 47.2 Å². The lowest BCUT2D eigenvalue weighted by molar-refractivity contribution is -0.115. The molecule has 15 heteroatoms. The molecule has 0 saturated carbocycles. The number of benzene rings is 1. The van der Waals surface area contributed by atoms with Gasteiger partial charge in [0.15, 0.2) is 0 Å². The molecule has 0 spiro atoms. The minimum atomic E-state index is -4.64. The first-order valence-corrected chi connectivity index (χ1v) is 10.7. The van der Waals surface area contributed by atoms with Crippen molar-refractivity contribution in [3.63, 3.8) is 0 Å². The molecule has 2 aromatic rings. The van der Waals surface area contributed by atoms with E-state index < -0.39 is 42.2 Å². The van der Waals surface area contributed by atoms with Crippen molar-refractivity contribution in [3.05, 3.63) is 41.7 Å². The Hall–Kier alpha value is -2.67. The summed E-state index contributed by atoms with van der Waals surface area (Å²) in [4.78, 5) is 43.0. The summed E-state index contributed by atoms with van der Waals surface area (Å²) in [6.45, 7) is 1.64. The molecular weight excluding hydrogens is 497 g/mol. The normalized spacial score (nSPS) is 11.4. The molecule has 0 radical (unpaired) electrons. The number of ether oxygens (including phenoxy) is 1. The second kappa shape index (κ2) is 9.64. The molecule has 31 heavy (non-hydrogen) atoms. The number of aromatic nitrogens is 2. The Morgan fingerprint density at radius 2 is 1.77 bits per heavy atom. The predicted octanol–water partition coefficient (Wildman–Crippen LogP) is 2.39. The number of hydrogen-bond donors (Lipinski definition) is 3. The lowest BCUT2D eigenvalue weighted by Gasteiger charge is -2.15. The van der Waals surface area contributed by atoms with Gasteiger partial charge in [-0.1, -0.05) is 34.8 Å². The van der Waals surface area contributed by atoms with E-state index in [-0.39, 0.29) is 11.6 Å². The topological polar surface area (TPSA) is 156 Å². The van der Waals surface area contributed by atoms with Gasteiger partial charge < -0.3 is 10.1 Å². The third kappa shape index (κ3) is 6.66. The van der Waals surface area contributed by atoms with E-state index in [1.54, 1.807) is 17.7 Å². The molecule has 11 nitrogen and oxygen atoms in total. The van der Waals surface area contributed by atoms with Crippen molar-refractivity contribution in [3.8, 4) is 0 Å². The van der Waals surface area contributed by atoms with Crippen molar-refractivity contribution < 1.29 is 27.5 Å². The van der Waals surface area contributed by atoms with Gasteiger partial charge in [0.25, 0.3) is 19.7 Å². The molecule has 0 aliphatic heterocycles. The maximum atomic E-state index is 12.8. The van der Waals surface area contributed by atoms with E-state index in [0.29, 0.717) is 5.69 Å². The molecule has 0 aliphatic carbocycles. The van der Waals surface area contributed by atoms with Crippen LogP contribution >= 0.6 is 34.8 Å². The molecule has 0 bridgehead atoms. The first kappa shape index (κ1) is 24.6. The number of sulfonamides is 1. The maximum absolute atomic E-state index is 12.8. The summed E-state index contributed by atoms with van der Waals surface area (Å²) < 4.78 is 29.5. The van der Waals surface area contributed by atoms with E-state index in [2.05, 4.69) is 25.3 Å². The molecule has 0 atom stereocenters. The number of nitrogens with zero attached hydrogens (tertiary/aromatic N) is 2. The summed E-state index contributed by atoms with van der Waals surface area (Å²) in [5.41, 5.74) is -0.0215.